The SMILES string of the molecule is COc1ccc(C(OC[C@H]2O[C@@H](n3cc(C)c(=O)n(COCc4ccccc4)c3=O)C[C@@H]2OP(=O)(Oc2ccccc2)On2nnc3ccccc32)(c2ccccc2)c2ccccc2)cc1. The Labute approximate surface area is 379 Å². The molecule has 3 heterocycles. The van der Waals surface area contributed by atoms with Crippen LogP contribution >= 0.6 is 7.82 Å². The van der Waals surface area contributed by atoms with E-state index in [-0.39, 0.29) is 37.7 Å². The lowest BCUT2D eigenvalue weighted by atomic mass is 9.80. The van der Waals surface area contributed by atoms with Crippen molar-refractivity contribution in [3.63, 3.8) is 0 Å². The molecule has 0 spiro atoms. The summed E-state index contributed by atoms with van der Waals surface area (Å²) in [4.78, 5) is 28.8. The van der Waals surface area contributed by atoms with E-state index in [0.717, 1.165) is 31.7 Å². The first-order chi connectivity index (χ1) is 32.2. The molecule has 1 aliphatic heterocycles. The zero-order valence-corrected chi connectivity index (χ0v) is 37.0. The molecule has 0 saturated carbocycles. The molecule has 0 N–H and O–H groups in total. The second kappa shape index (κ2) is 19.5. The number of aromatic nitrogens is 5. The molecular weight excluding hydrogens is 862 g/mol. The molecule has 2 aromatic heterocycles. The van der Waals surface area contributed by atoms with Crippen molar-refractivity contribution in [2.75, 3.05) is 13.7 Å². The maximum atomic E-state index is 15.2. The maximum absolute atomic E-state index is 15.2. The van der Waals surface area contributed by atoms with Crippen LogP contribution in [0.5, 0.6) is 11.5 Å². The van der Waals surface area contributed by atoms with Gasteiger partial charge in [0.2, 0.25) is 0 Å². The third-order valence-corrected chi connectivity index (χ3v) is 12.6. The Morgan fingerprint density at radius 3 is 2.02 bits per heavy atom. The van der Waals surface area contributed by atoms with Crippen LogP contribution in [0.4, 0.5) is 0 Å². The number of hydrogen-bond acceptors (Lipinski definition) is 12. The van der Waals surface area contributed by atoms with Gasteiger partial charge in [0.15, 0.2) is 0 Å². The Kier molecular flexibility index (Phi) is 13.1. The minimum Gasteiger partial charge on any atom is -0.497 e. The van der Waals surface area contributed by atoms with Gasteiger partial charge in [0.05, 0.1) is 20.3 Å². The summed E-state index contributed by atoms with van der Waals surface area (Å²) in [5, 5.41) is 8.26. The van der Waals surface area contributed by atoms with Gasteiger partial charge >= 0.3 is 13.5 Å². The smallest absolute Gasteiger partial charge is 0.497 e. The predicted molar refractivity (Wildman–Crippen MR) is 245 cm³/mol. The third-order valence-electron chi connectivity index (χ3n) is 11.2. The number of benzene rings is 6. The number of ether oxygens (including phenoxy) is 4. The summed E-state index contributed by atoms with van der Waals surface area (Å²) in [6, 6.07) is 52.0. The number of fused-ring (bicyclic) bond motifs is 1. The predicted octanol–water partition coefficient (Wildman–Crippen LogP) is 8.24. The lowest BCUT2D eigenvalue weighted by Crippen LogP contribution is -2.42. The Morgan fingerprint density at radius 2 is 1.35 bits per heavy atom. The van der Waals surface area contributed by atoms with E-state index in [0.29, 0.717) is 16.8 Å². The number of rotatable bonds is 18. The monoisotopic (exact) mass is 907 g/mol. The van der Waals surface area contributed by atoms with E-state index < -0.39 is 43.1 Å². The topological polar surface area (TPSA) is 156 Å². The van der Waals surface area contributed by atoms with Crippen LogP contribution in [0.3, 0.4) is 0 Å². The largest absolute Gasteiger partial charge is 0.608 e. The van der Waals surface area contributed by atoms with Crippen molar-refractivity contribution in [3.05, 3.63) is 225 Å². The van der Waals surface area contributed by atoms with Crippen molar-refractivity contribution in [1.82, 2.24) is 24.3 Å². The van der Waals surface area contributed by atoms with Gasteiger partial charge in [-0.1, -0.05) is 138 Å². The Hall–Kier alpha value is -7.13. The zero-order valence-electron chi connectivity index (χ0n) is 36.1. The number of phosphoric ester groups is 1. The average Bonchev–Trinajstić information content (AvgIpc) is 3.95. The molecule has 0 bridgehead atoms. The fourth-order valence-corrected chi connectivity index (χ4v) is 9.36. The second-order valence-electron chi connectivity index (χ2n) is 15.5. The molecule has 1 saturated heterocycles. The average molecular weight is 908 g/mol. The van der Waals surface area contributed by atoms with Crippen LogP contribution in [0.1, 0.15) is 40.5 Å². The molecule has 15 nitrogen and oxygen atoms in total. The number of para-hydroxylation sites is 2. The van der Waals surface area contributed by atoms with Crippen LogP contribution in [0, 0.1) is 6.92 Å². The summed E-state index contributed by atoms with van der Waals surface area (Å²) in [6.45, 7) is 1.29. The van der Waals surface area contributed by atoms with Crippen molar-refractivity contribution in [3.8, 4) is 11.5 Å². The normalized spacial score (nSPS) is 17.0. The van der Waals surface area contributed by atoms with Gasteiger partial charge in [0.25, 0.3) is 5.56 Å². The summed E-state index contributed by atoms with van der Waals surface area (Å²) in [5.41, 5.74) is 1.99. The van der Waals surface area contributed by atoms with Gasteiger partial charge in [-0.15, -0.1) is 5.10 Å². The molecule has 0 amide bonds. The molecule has 1 unspecified atom stereocenters. The standard InChI is InChI=1S/C50H46N5O10P/c1-36-32-53(49(57)54(48(36)56)35-60-33-37-17-7-3-8-18-37)47-31-45(64-66(58,63-42-23-13-6-14-24-42)65-55-44-26-16-15-25-43(44)51-52-55)46(62-47)34-61-50(38-19-9-4-10-20-38,39-21-11-5-12-22-39)40-27-29-41(59-2)30-28-40/h3-30,32,45-47H,31,33-35H2,1-2H3/t45-,46+,47+,66?/m0/s1. The van der Waals surface area contributed by atoms with E-state index >= 15 is 4.57 Å². The van der Waals surface area contributed by atoms with Gasteiger partial charge < -0.3 is 23.5 Å². The van der Waals surface area contributed by atoms with Gasteiger partial charge in [-0.05, 0) is 70.8 Å². The van der Waals surface area contributed by atoms with Crippen LogP contribution in [0.2, 0.25) is 0 Å². The summed E-state index contributed by atoms with van der Waals surface area (Å²) >= 11 is 0. The minimum absolute atomic E-state index is 0.0632. The molecular formula is C50H46N5O10P. The molecule has 0 radical (unpaired) electrons. The lowest BCUT2D eigenvalue weighted by molar-refractivity contribution is -0.0944. The van der Waals surface area contributed by atoms with Crippen molar-refractivity contribution < 1.29 is 37.2 Å². The first kappa shape index (κ1) is 44.1. The second-order valence-corrected chi connectivity index (χ2v) is 17.0. The summed E-state index contributed by atoms with van der Waals surface area (Å²) in [6.07, 6.45) is -1.84. The third kappa shape index (κ3) is 9.34. The molecule has 0 aliphatic carbocycles. The van der Waals surface area contributed by atoms with Gasteiger partial charge in [-0.2, -0.15) is 0 Å². The molecule has 66 heavy (non-hydrogen) atoms. The van der Waals surface area contributed by atoms with Crippen molar-refractivity contribution in [1.29, 1.82) is 0 Å². The summed E-state index contributed by atoms with van der Waals surface area (Å²) in [7, 11) is -3.12. The highest BCUT2D eigenvalue weighted by atomic mass is 31.2. The zero-order chi connectivity index (χ0) is 45.5. The Morgan fingerprint density at radius 1 is 0.742 bits per heavy atom. The van der Waals surface area contributed by atoms with E-state index in [4.69, 9.17) is 32.6 Å². The first-order valence-electron chi connectivity index (χ1n) is 21.3. The Bertz CT molecular complexity index is 3000. The van der Waals surface area contributed by atoms with E-state index in [2.05, 4.69) is 10.3 Å². The summed E-state index contributed by atoms with van der Waals surface area (Å²) in [5.74, 6) is 0.848. The molecule has 336 valence electrons. The molecule has 16 heteroatoms. The fourth-order valence-electron chi connectivity index (χ4n) is 8.00. The van der Waals surface area contributed by atoms with Gasteiger partial charge in [-0.25, -0.2) is 13.9 Å². The molecule has 1 fully saturated rings. The first-order valence-corrected chi connectivity index (χ1v) is 22.7. The quantitative estimate of drug-likeness (QED) is 0.0601. The molecule has 1 aliphatic rings. The number of methoxy groups -OCH3 is 1. The number of phosphoric acid groups is 1. The molecule has 8 aromatic rings. The fraction of sp³-hybridized carbons (Fsp3) is 0.200. The van der Waals surface area contributed by atoms with Gasteiger partial charge in [-0.3, -0.25) is 18.5 Å². The van der Waals surface area contributed by atoms with Crippen molar-refractivity contribution >= 4 is 18.9 Å². The Balaban J connectivity index is 1.11. The number of hydrogen-bond donors (Lipinski definition) is 0. The van der Waals surface area contributed by atoms with Crippen LogP contribution in [0.15, 0.2) is 186 Å². The van der Waals surface area contributed by atoms with Crippen LogP contribution in [-0.2, 0) is 42.2 Å². The highest BCUT2D eigenvalue weighted by Gasteiger charge is 2.48. The lowest BCUT2D eigenvalue weighted by Gasteiger charge is -2.37. The van der Waals surface area contributed by atoms with Crippen molar-refractivity contribution in [2.24, 2.45) is 0 Å². The van der Waals surface area contributed by atoms with E-state index in [9.17, 15) is 9.59 Å². The van der Waals surface area contributed by atoms with Crippen molar-refractivity contribution in [2.45, 2.75) is 50.7 Å². The summed E-state index contributed by atoms with van der Waals surface area (Å²) < 4.78 is 61.7. The van der Waals surface area contributed by atoms with Gasteiger partial charge in [0.1, 0.15) is 53.3 Å². The van der Waals surface area contributed by atoms with Crippen LogP contribution in [0.25, 0.3) is 11.0 Å². The van der Waals surface area contributed by atoms with Crippen LogP contribution in [-0.4, -0.2) is 50.2 Å². The van der Waals surface area contributed by atoms with E-state index in [1.807, 2.05) is 115 Å². The van der Waals surface area contributed by atoms with Crippen LogP contribution < -0.4 is 25.1 Å². The molecule has 4 atom stereocenters. The molecule has 9 rings (SSSR count). The van der Waals surface area contributed by atoms with E-state index in [1.165, 1.54) is 10.8 Å². The number of nitrogens with zero attached hydrogens (tertiary/aromatic N) is 5. The minimum atomic E-state index is -4.72. The number of aryl methyl sites for hydroxylation is 1. The van der Waals surface area contributed by atoms with Gasteiger partial charge in [0, 0.05) is 18.2 Å². The molecule has 6 aromatic carbocycles. The highest BCUT2D eigenvalue weighted by Crippen LogP contribution is 2.51. The maximum Gasteiger partial charge on any atom is 0.608 e. The highest BCUT2D eigenvalue weighted by molar-refractivity contribution is 7.49. The van der Waals surface area contributed by atoms with E-state index in [1.54, 1.807) is 68.6 Å².